The average molecular weight is 372 g/mol. The lowest BCUT2D eigenvalue weighted by Crippen LogP contribution is -2.40. The highest BCUT2D eigenvalue weighted by Crippen LogP contribution is 2.32. The van der Waals surface area contributed by atoms with Gasteiger partial charge >= 0.3 is 6.03 Å². The second-order valence-electron chi connectivity index (χ2n) is 6.22. The molecule has 1 aliphatic heterocycles. The molecular weight excluding hydrogens is 348 g/mol. The van der Waals surface area contributed by atoms with E-state index in [2.05, 4.69) is 5.32 Å². The first-order valence-corrected chi connectivity index (χ1v) is 9.79. The van der Waals surface area contributed by atoms with E-state index in [9.17, 15) is 4.79 Å². The summed E-state index contributed by atoms with van der Waals surface area (Å²) < 4.78 is 11.1. The van der Waals surface area contributed by atoms with Gasteiger partial charge in [-0.3, -0.25) is 0 Å². The summed E-state index contributed by atoms with van der Waals surface area (Å²) in [5.74, 6) is 1.69. The van der Waals surface area contributed by atoms with Gasteiger partial charge in [-0.15, -0.1) is 11.8 Å². The molecule has 2 aromatic carbocycles. The van der Waals surface area contributed by atoms with E-state index in [1.54, 1.807) is 30.8 Å². The van der Waals surface area contributed by atoms with E-state index in [0.717, 1.165) is 33.9 Å². The molecule has 0 unspecified atom stereocenters. The molecule has 3 rings (SSSR count). The number of amides is 2. The predicted molar refractivity (Wildman–Crippen MR) is 104 cm³/mol. The van der Waals surface area contributed by atoms with Crippen molar-refractivity contribution in [1.82, 2.24) is 10.2 Å². The number of para-hydroxylation sites is 1. The molecule has 1 atom stereocenters. The number of thioether (sulfide) groups is 1. The smallest absolute Gasteiger partial charge is 0.317 e. The monoisotopic (exact) mass is 372 g/mol. The lowest BCUT2D eigenvalue weighted by Gasteiger charge is -2.28. The normalized spacial score (nSPS) is 15.6. The van der Waals surface area contributed by atoms with Gasteiger partial charge in [0.15, 0.2) is 0 Å². The van der Waals surface area contributed by atoms with Gasteiger partial charge in [0, 0.05) is 30.5 Å². The standard InChI is InChI=1S/C20H24N2O3S/c1-22(13-14-8-9-19(26-3)18(12-14)24-2)20(23)21-16-10-11-25-17-7-5-4-6-15(16)17/h4-9,12,16H,10-11,13H2,1-3H3,(H,21,23)/t16-/m0/s1. The molecule has 0 radical (unpaired) electrons. The minimum atomic E-state index is -0.0976. The van der Waals surface area contributed by atoms with Gasteiger partial charge in [-0.05, 0) is 30.0 Å². The summed E-state index contributed by atoms with van der Waals surface area (Å²) in [5.41, 5.74) is 2.07. The molecule has 0 saturated heterocycles. The summed E-state index contributed by atoms with van der Waals surface area (Å²) in [6, 6.07) is 13.8. The minimum absolute atomic E-state index is 0.0247. The molecule has 1 N–H and O–H groups in total. The van der Waals surface area contributed by atoms with Crippen LogP contribution in [0.3, 0.4) is 0 Å². The van der Waals surface area contributed by atoms with E-state index in [1.165, 1.54) is 0 Å². The van der Waals surface area contributed by atoms with Crippen LogP contribution in [-0.2, 0) is 6.54 Å². The van der Waals surface area contributed by atoms with Gasteiger partial charge in [-0.25, -0.2) is 4.79 Å². The van der Waals surface area contributed by atoms with Gasteiger partial charge in [0.25, 0.3) is 0 Å². The third-order valence-electron chi connectivity index (χ3n) is 4.47. The molecule has 6 heteroatoms. The molecule has 0 saturated carbocycles. The highest BCUT2D eigenvalue weighted by Gasteiger charge is 2.23. The third-order valence-corrected chi connectivity index (χ3v) is 5.25. The van der Waals surface area contributed by atoms with Crippen LogP contribution in [0.1, 0.15) is 23.6 Å². The zero-order valence-electron chi connectivity index (χ0n) is 15.3. The SMILES string of the molecule is COc1cc(CN(C)C(=O)N[C@H]2CCOc3ccccc32)ccc1SC. The first-order chi connectivity index (χ1) is 12.6. The number of carbonyl (C=O) groups excluding carboxylic acids is 1. The summed E-state index contributed by atoms with van der Waals surface area (Å²) in [5, 5.41) is 3.12. The largest absolute Gasteiger partial charge is 0.496 e. The van der Waals surface area contributed by atoms with Gasteiger partial charge in [0.05, 0.1) is 19.8 Å². The van der Waals surface area contributed by atoms with E-state index in [1.807, 2.05) is 48.7 Å². The molecule has 26 heavy (non-hydrogen) atoms. The number of fused-ring (bicyclic) bond motifs is 1. The van der Waals surface area contributed by atoms with Crippen LogP contribution in [0.4, 0.5) is 4.79 Å². The molecule has 1 aliphatic rings. The van der Waals surface area contributed by atoms with E-state index in [-0.39, 0.29) is 12.1 Å². The van der Waals surface area contributed by atoms with E-state index in [0.29, 0.717) is 13.2 Å². The summed E-state index contributed by atoms with van der Waals surface area (Å²) in [7, 11) is 3.47. The number of hydrogen-bond donors (Lipinski definition) is 1. The first kappa shape index (κ1) is 18.5. The molecule has 2 amide bonds. The zero-order valence-corrected chi connectivity index (χ0v) is 16.1. The van der Waals surface area contributed by atoms with Gasteiger partial charge in [0.2, 0.25) is 0 Å². The van der Waals surface area contributed by atoms with Crippen LogP contribution in [0.2, 0.25) is 0 Å². The molecule has 5 nitrogen and oxygen atoms in total. The van der Waals surface area contributed by atoms with Crippen molar-refractivity contribution in [2.24, 2.45) is 0 Å². The van der Waals surface area contributed by atoms with E-state index >= 15 is 0 Å². The number of nitrogens with zero attached hydrogens (tertiary/aromatic N) is 1. The molecule has 1 heterocycles. The highest BCUT2D eigenvalue weighted by molar-refractivity contribution is 7.98. The quantitative estimate of drug-likeness (QED) is 0.804. The summed E-state index contributed by atoms with van der Waals surface area (Å²) in [4.78, 5) is 15.4. The summed E-state index contributed by atoms with van der Waals surface area (Å²) in [6.45, 7) is 1.13. The lowest BCUT2D eigenvalue weighted by molar-refractivity contribution is 0.194. The summed E-state index contributed by atoms with van der Waals surface area (Å²) in [6.07, 6.45) is 2.79. The van der Waals surface area contributed by atoms with Crippen LogP contribution >= 0.6 is 11.8 Å². The fraction of sp³-hybridized carbons (Fsp3) is 0.350. The molecule has 0 aliphatic carbocycles. The van der Waals surface area contributed by atoms with E-state index < -0.39 is 0 Å². The second-order valence-corrected chi connectivity index (χ2v) is 7.07. The van der Waals surface area contributed by atoms with Crippen LogP contribution < -0.4 is 14.8 Å². The van der Waals surface area contributed by atoms with Crippen molar-refractivity contribution < 1.29 is 14.3 Å². The van der Waals surface area contributed by atoms with Gasteiger partial charge in [-0.2, -0.15) is 0 Å². The van der Waals surface area contributed by atoms with Crippen LogP contribution in [0.5, 0.6) is 11.5 Å². The van der Waals surface area contributed by atoms with Crippen molar-refractivity contribution in [2.75, 3.05) is 27.0 Å². The number of ether oxygens (including phenoxy) is 2. The number of urea groups is 1. The summed E-state index contributed by atoms with van der Waals surface area (Å²) >= 11 is 1.64. The Kier molecular flexibility index (Phi) is 5.93. The van der Waals surface area contributed by atoms with Crippen LogP contribution in [0.15, 0.2) is 47.4 Å². The van der Waals surface area contributed by atoms with Crippen molar-refractivity contribution >= 4 is 17.8 Å². The van der Waals surface area contributed by atoms with Crippen LogP contribution in [0, 0.1) is 0 Å². The van der Waals surface area contributed by atoms with Gasteiger partial charge < -0.3 is 19.7 Å². The van der Waals surface area contributed by atoms with Gasteiger partial charge in [-0.1, -0.05) is 24.3 Å². The maximum atomic E-state index is 12.6. The Morgan fingerprint density at radius 3 is 2.92 bits per heavy atom. The van der Waals surface area contributed by atoms with Crippen molar-refractivity contribution in [3.8, 4) is 11.5 Å². The van der Waals surface area contributed by atoms with Crippen molar-refractivity contribution in [2.45, 2.75) is 23.9 Å². The average Bonchev–Trinajstić information content (AvgIpc) is 2.68. The Bertz CT molecular complexity index is 781. The molecule has 0 aromatic heterocycles. The fourth-order valence-corrected chi connectivity index (χ4v) is 3.62. The number of carbonyl (C=O) groups is 1. The van der Waals surface area contributed by atoms with Crippen LogP contribution in [-0.4, -0.2) is 38.0 Å². The van der Waals surface area contributed by atoms with Crippen molar-refractivity contribution in [3.05, 3.63) is 53.6 Å². The molecular formula is C20H24N2O3S. The Balaban J connectivity index is 1.66. The maximum absolute atomic E-state index is 12.6. The highest BCUT2D eigenvalue weighted by atomic mass is 32.2. The number of rotatable bonds is 5. The van der Waals surface area contributed by atoms with Crippen molar-refractivity contribution in [1.29, 1.82) is 0 Å². The molecule has 0 spiro atoms. The Morgan fingerprint density at radius 2 is 2.15 bits per heavy atom. The lowest BCUT2D eigenvalue weighted by atomic mass is 10.0. The Morgan fingerprint density at radius 1 is 1.35 bits per heavy atom. The predicted octanol–water partition coefficient (Wildman–Crippen LogP) is 4.08. The zero-order chi connectivity index (χ0) is 18.5. The van der Waals surface area contributed by atoms with Crippen LogP contribution in [0.25, 0.3) is 0 Å². The number of nitrogens with one attached hydrogen (secondary N) is 1. The maximum Gasteiger partial charge on any atom is 0.317 e. The molecule has 138 valence electrons. The number of hydrogen-bond acceptors (Lipinski definition) is 4. The number of benzene rings is 2. The first-order valence-electron chi connectivity index (χ1n) is 8.56. The molecule has 0 bridgehead atoms. The molecule has 0 fully saturated rings. The molecule has 2 aromatic rings. The second kappa shape index (κ2) is 8.36. The third kappa shape index (κ3) is 4.07. The Hall–Kier alpha value is -2.34. The van der Waals surface area contributed by atoms with E-state index in [4.69, 9.17) is 9.47 Å². The fourth-order valence-electron chi connectivity index (χ4n) is 3.08. The topological polar surface area (TPSA) is 50.8 Å². The minimum Gasteiger partial charge on any atom is -0.496 e. The van der Waals surface area contributed by atoms with Crippen molar-refractivity contribution in [3.63, 3.8) is 0 Å². The number of methoxy groups -OCH3 is 1. The Labute approximate surface area is 158 Å². The van der Waals surface area contributed by atoms with Gasteiger partial charge in [0.1, 0.15) is 11.5 Å².